The lowest BCUT2D eigenvalue weighted by Gasteiger charge is -2.17. The van der Waals surface area contributed by atoms with Gasteiger partial charge in [0.2, 0.25) is 10.0 Å². The van der Waals surface area contributed by atoms with E-state index in [0.29, 0.717) is 5.75 Å². The van der Waals surface area contributed by atoms with Crippen LogP contribution >= 0.6 is 0 Å². The molecule has 0 fully saturated rings. The molecule has 0 saturated heterocycles. The van der Waals surface area contributed by atoms with E-state index < -0.39 is 19.9 Å². The minimum absolute atomic E-state index is 0.0465. The standard InChI is InChI=1S/C15H25NO5S2/c1-5-22(17,18)11-10-21-14-6-8-15(9-7-14)23(19,20)16-13(4)12(2)3/h6-9,12-13,16H,5,10-11H2,1-4H3/t13-/m1/s1. The molecule has 0 heterocycles. The van der Waals surface area contributed by atoms with Gasteiger partial charge in [0.15, 0.2) is 9.84 Å². The number of hydrogen-bond acceptors (Lipinski definition) is 5. The molecule has 0 amide bonds. The van der Waals surface area contributed by atoms with Crippen LogP contribution in [0.15, 0.2) is 29.2 Å². The van der Waals surface area contributed by atoms with E-state index in [1.54, 1.807) is 6.92 Å². The maximum Gasteiger partial charge on any atom is 0.240 e. The zero-order valence-electron chi connectivity index (χ0n) is 13.9. The predicted molar refractivity (Wildman–Crippen MR) is 90.9 cm³/mol. The van der Waals surface area contributed by atoms with E-state index >= 15 is 0 Å². The van der Waals surface area contributed by atoms with Gasteiger partial charge in [-0.2, -0.15) is 0 Å². The van der Waals surface area contributed by atoms with Gasteiger partial charge in [0.1, 0.15) is 12.4 Å². The summed E-state index contributed by atoms with van der Waals surface area (Å²) >= 11 is 0. The molecule has 132 valence electrons. The van der Waals surface area contributed by atoms with Crippen LogP contribution in [0, 0.1) is 5.92 Å². The Hall–Kier alpha value is -1.12. The van der Waals surface area contributed by atoms with Crippen LogP contribution in [-0.2, 0) is 19.9 Å². The monoisotopic (exact) mass is 363 g/mol. The molecule has 0 aliphatic rings. The van der Waals surface area contributed by atoms with Crippen LogP contribution < -0.4 is 9.46 Å². The van der Waals surface area contributed by atoms with Gasteiger partial charge in [-0.3, -0.25) is 0 Å². The normalized spacial score (nSPS) is 14.0. The second kappa shape index (κ2) is 8.12. The Bertz CT molecular complexity index is 694. The number of sulfone groups is 1. The summed E-state index contributed by atoms with van der Waals surface area (Å²) in [5.41, 5.74) is 0. The fourth-order valence-corrected chi connectivity index (χ4v) is 3.61. The van der Waals surface area contributed by atoms with Crippen molar-refractivity contribution < 1.29 is 21.6 Å². The average molecular weight is 364 g/mol. The Morgan fingerprint density at radius 3 is 2.09 bits per heavy atom. The van der Waals surface area contributed by atoms with Crippen molar-refractivity contribution in [1.82, 2.24) is 4.72 Å². The van der Waals surface area contributed by atoms with Gasteiger partial charge in [0.05, 0.1) is 10.6 Å². The molecular formula is C15H25NO5S2. The van der Waals surface area contributed by atoms with Gasteiger partial charge in [-0.05, 0) is 37.1 Å². The lowest BCUT2D eigenvalue weighted by Crippen LogP contribution is -2.36. The molecule has 0 saturated carbocycles. The van der Waals surface area contributed by atoms with E-state index in [4.69, 9.17) is 4.74 Å². The zero-order chi connectivity index (χ0) is 17.7. The number of hydrogen-bond donors (Lipinski definition) is 1. The SMILES string of the molecule is CCS(=O)(=O)CCOc1ccc(S(=O)(=O)N[C@H](C)C(C)C)cc1. The third-order valence-corrected chi connectivity index (χ3v) is 6.82. The van der Waals surface area contributed by atoms with Crippen molar-refractivity contribution in [3.8, 4) is 5.75 Å². The Morgan fingerprint density at radius 1 is 1.04 bits per heavy atom. The number of sulfonamides is 1. The first-order chi connectivity index (χ1) is 10.6. The van der Waals surface area contributed by atoms with Crippen molar-refractivity contribution in [3.05, 3.63) is 24.3 Å². The molecule has 0 spiro atoms. The van der Waals surface area contributed by atoms with Crippen molar-refractivity contribution in [1.29, 1.82) is 0 Å². The minimum atomic E-state index is -3.57. The highest BCUT2D eigenvalue weighted by molar-refractivity contribution is 7.91. The molecule has 6 nitrogen and oxygen atoms in total. The van der Waals surface area contributed by atoms with E-state index in [1.807, 2.05) is 20.8 Å². The largest absolute Gasteiger partial charge is 0.493 e. The Labute approximate surface area is 139 Å². The average Bonchev–Trinajstić information content (AvgIpc) is 2.47. The number of nitrogens with one attached hydrogen (secondary N) is 1. The van der Waals surface area contributed by atoms with Crippen LogP contribution in [0.1, 0.15) is 27.7 Å². The van der Waals surface area contributed by atoms with E-state index in [-0.39, 0.29) is 35.0 Å². The highest BCUT2D eigenvalue weighted by atomic mass is 32.2. The van der Waals surface area contributed by atoms with Gasteiger partial charge in [-0.1, -0.05) is 20.8 Å². The lowest BCUT2D eigenvalue weighted by molar-refractivity contribution is 0.340. The van der Waals surface area contributed by atoms with E-state index in [0.717, 1.165) is 0 Å². The minimum Gasteiger partial charge on any atom is -0.493 e. The van der Waals surface area contributed by atoms with Crippen molar-refractivity contribution in [2.45, 2.75) is 38.6 Å². The fourth-order valence-electron chi connectivity index (χ4n) is 1.59. The number of rotatable bonds is 9. The van der Waals surface area contributed by atoms with Crippen LogP contribution in [-0.4, -0.2) is 41.0 Å². The first-order valence-electron chi connectivity index (χ1n) is 7.53. The molecule has 0 bridgehead atoms. The smallest absolute Gasteiger partial charge is 0.240 e. The molecule has 1 aromatic carbocycles. The summed E-state index contributed by atoms with van der Waals surface area (Å²) in [6, 6.07) is 5.76. The molecule has 0 aliphatic carbocycles. The molecular weight excluding hydrogens is 338 g/mol. The molecule has 0 aromatic heterocycles. The summed E-state index contributed by atoms with van der Waals surface area (Å²) in [7, 11) is -6.64. The molecule has 0 unspecified atom stereocenters. The summed E-state index contributed by atoms with van der Waals surface area (Å²) in [5.74, 6) is 0.643. The van der Waals surface area contributed by atoms with Crippen LogP contribution in [0.25, 0.3) is 0 Å². The molecule has 0 aliphatic heterocycles. The number of benzene rings is 1. The van der Waals surface area contributed by atoms with Crippen molar-refractivity contribution in [3.63, 3.8) is 0 Å². The molecule has 8 heteroatoms. The third kappa shape index (κ3) is 6.48. The topological polar surface area (TPSA) is 89.5 Å². The van der Waals surface area contributed by atoms with Gasteiger partial charge in [-0.15, -0.1) is 0 Å². The molecule has 1 atom stereocenters. The van der Waals surface area contributed by atoms with Gasteiger partial charge < -0.3 is 4.74 Å². The lowest BCUT2D eigenvalue weighted by atomic mass is 10.1. The molecule has 1 N–H and O–H groups in total. The second-order valence-corrected chi connectivity index (χ2v) is 9.90. The number of ether oxygens (including phenoxy) is 1. The molecule has 23 heavy (non-hydrogen) atoms. The summed E-state index contributed by atoms with van der Waals surface area (Å²) in [5, 5.41) is 0. The first kappa shape index (κ1) is 19.9. The quantitative estimate of drug-likeness (QED) is 0.723. The summed E-state index contributed by atoms with van der Waals surface area (Å²) in [6.45, 7) is 7.32. The van der Waals surface area contributed by atoms with Crippen molar-refractivity contribution in [2.24, 2.45) is 5.92 Å². The van der Waals surface area contributed by atoms with Crippen LogP contribution in [0.3, 0.4) is 0 Å². The Kier molecular flexibility index (Phi) is 7.03. The highest BCUT2D eigenvalue weighted by Gasteiger charge is 2.19. The van der Waals surface area contributed by atoms with Crippen molar-refractivity contribution >= 4 is 19.9 Å². The van der Waals surface area contributed by atoms with Gasteiger partial charge in [0, 0.05) is 11.8 Å². The van der Waals surface area contributed by atoms with Crippen LogP contribution in [0.2, 0.25) is 0 Å². The van der Waals surface area contributed by atoms with Crippen molar-refractivity contribution in [2.75, 3.05) is 18.1 Å². The summed E-state index contributed by atoms with van der Waals surface area (Å²) < 4.78 is 55.1. The van der Waals surface area contributed by atoms with Crippen LogP contribution in [0.4, 0.5) is 0 Å². The molecule has 1 aromatic rings. The fraction of sp³-hybridized carbons (Fsp3) is 0.600. The second-order valence-electron chi connectivity index (χ2n) is 5.71. The van der Waals surface area contributed by atoms with E-state index in [2.05, 4.69) is 4.72 Å². The van der Waals surface area contributed by atoms with E-state index in [9.17, 15) is 16.8 Å². The Balaban J connectivity index is 2.69. The first-order valence-corrected chi connectivity index (χ1v) is 10.8. The van der Waals surface area contributed by atoms with E-state index in [1.165, 1.54) is 24.3 Å². The van der Waals surface area contributed by atoms with Crippen LogP contribution in [0.5, 0.6) is 5.75 Å². The zero-order valence-corrected chi connectivity index (χ0v) is 15.6. The Morgan fingerprint density at radius 2 is 1.61 bits per heavy atom. The van der Waals surface area contributed by atoms with Gasteiger partial charge in [-0.25, -0.2) is 21.6 Å². The summed E-state index contributed by atoms with van der Waals surface area (Å²) in [6.07, 6.45) is 0. The molecule has 0 radical (unpaired) electrons. The van der Waals surface area contributed by atoms with Gasteiger partial charge in [0.25, 0.3) is 0 Å². The maximum absolute atomic E-state index is 12.2. The summed E-state index contributed by atoms with van der Waals surface area (Å²) in [4.78, 5) is 0.151. The predicted octanol–water partition coefficient (Wildman–Crippen LogP) is 1.82. The van der Waals surface area contributed by atoms with Gasteiger partial charge >= 0.3 is 0 Å². The molecule has 1 rings (SSSR count). The third-order valence-electron chi connectivity index (χ3n) is 3.58. The maximum atomic E-state index is 12.2. The highest BCUT2D eigenvalue weighted by Crippen LogP contribution is 2.17.